The van der Waals surface area contributed by atoms with Gasteiger partial charge in [0.1, 0.15) is 11.6 Å². The van der Waals surface area contributed by atoms with Crippen molar-refractivity contribution in [3.63, 3.8) is 0 Å². The zero-order valence-corrected chi connectivity index (χ0v) is 15.8. The number of hydrogen-bond donors (Lipinski definition) is 1. The molecule has 0 spiro atoms. The van der Waals surface area contributed by atoms with Crippen molar-refractivity contribution in [3.05, 3.63) is 86.8 Å². The highest BCUT2D eigenvalue weighted by Gasteiger charge is 2.19. The van der Waals surface area contributed by atoms with Gasteiger partial charge < -0.3 is 4.98 Å². The first-order valence-corrected chi connectivity index (χ1v) is 8.95. The van der Waals surface area contributed by atoms with Crippen molar-refractivity contribution in [3.8, 4) is 28.5 Å². The van der Waals surface area contributed by atoms with E-state index in [4.69, 9.17) is 16.9 Å². The Kier molecular flexibility index (Phi) is 4.61. The average Bonchev–Trinajstić information content (AvgIpc) is 2.67. The third kappa shape index (κ3) is 3.26. The van der Waals surface area contributed by atoms with E-state index in [1.807, 2.05) is 6.07 Å². The lowest BCUT2D eigenvalue weighted by molar-refractivity contribution is 0.597. The van der Waals surface area contributed by atoms with E-state index in [2.05, 4.69) is 9.97 Å². The number of nitriles is 1. The van der Waals surface area contributed by atoms with Crippen LogP contribution in [-0.2, 0) is 0 Å². The molecule has 2 heterocycles. The van der Waals surface area contributed by atoms with E-state index < -0.39 is 17.1 Å². The third-order valence-electron chi connectivity index (χ3n) is 4.58. The molecule has 0 unspecified atom stereocenters. The highest BCUT2D eigenvalue weighted by atomic mass is 35.5. The zero-order chi connectivity index (χ0) is 20.7. The Morgan fingerprint density at radius 3 is 2.66 bits per heavy atom. The van der Waals surface area contributed by atoms with E-state index in [1.165, 1.54) is 36.5 Å². The largest absolute Gasteiger partial charge is 0.354 e. The van der Waals surface area contributed by atoms with Crippen molar-refractivity contribution in [1.82, 2.24) is 9.97 Å². The molecule has 0 aliphatic rings. The minimum absolute atomic E-state index is 0.00421. The SMILES string of the molecule is Cc1cc(-c2c(F)cc3[nH]c(-c4cc(C#N)ccc4Cl)cc(=O)c3c2F)ccn1. The minimum Gasteiger partial charge on any atom is -0.354 e. The van der Waals surface area contributed by atoms with Crippen LogP contribution in [-0.4, -0.2) is 9.97 Å². The normalized spacial score (nSPS) is 10.9. The van der Waals surface area contributed by atoms with Gasteiger partial charge in [-0.25, -0.2) is 8.78 Å². The molecule has 2 aromatic carbocycles. The smallest absolute Gasteiger partial charge is 0.193 e. The predicted octanol–water partition coefficient (Wildman–Crippen LogP) is 5.37. The summed E-state index contributed by atoms with van der Waals surface area (Å²) in [5, 5.41) is 9.13. The Bertz CT molecular complexity index is 1390. The van der Waals surface area contributed by atoms with Crippen molar-refractivity contribution in [2.45, 2.75) is 6.92 Å². The second-order valence-corrected chi connectivity index (χ2v) is 6.92. The number of aromatic nitrogens is 2. The molecule has 2 aromatic heterocycles. The van der Waals surface area contributed by atoms with Crippen molar-refractivity contribution >= 4 is 22.5 Å². The Balaban J connectivity index is 1.99. The number of aryl methyl sites for hydroxylation is 1. The topological polar surface area (TPSA) is 69.5 Å². The lowest BCUT2D eigenvalue weighted by Gasteiger charge is -2.11. The van der Waals surface area contributed by atoms with Gasteiger partial charge in [-0.05, 0) is 48.9 Å². The van der Waals surface area contributed by atoms with Crippen molar-refractivity contribution in [1.29, 1.82) is 5.26 Å². The summed E-state index contributed by atoms with van der Waals surface area (Å²) in [6, 6.07) is 11.8. The van der Waals surface area contributed by atoms with Crippen molar-refractivity contribution in [2.75, 3.05) is 0 Å². The van der Waals surface area contributed by atoms with Gasteiger partial charge in [-0.15, -0.1) is 0 Å². The monoisotopic (exact) mass is 407 g/mol. The van der Waals surface area contributed by atoms with Crippen LogP contribution in [0.4, 0.5) is 8.78 Å². The zero-order valence-electron chi connectivity index (χ0n) is 15.1. The molecule has 0 bridgehead atoms. The van der Waals surface area contributed by atoms with Gasteiger partial charge in [0.25, 0.3) is 0 Å². The van der Waals surface area contributed by atoms with E-state index in [1.54, 1.807) is 13.0 Å². The molecule has 0 saturated carbocycles. The Labute approximate surface area is 169 Å². The second-order valence-electron chi connectivity index (χ2n) is 6.51. The molecule has 29 heavy (non-hydrogen) atoms. The summed E-state index contributed by atoms with van der Waals surface area (Å²) in [6.07, 6.45) is 1.45. The summed E-state index contributed by atoms with van der Waals surface area (Å²) in [4.78, 5) is 19.6. The molecule has 4 aromatic rings. The average molecular weight is 408 g/mol. The molecule has 4 nitrogen and oxygen atoms in total. The van der Waals surface area contributed by atoms with Crippen LogP contribution in [0.5, 0.6) is 0 Å². The highest BCUT2D eigenvalue weighted by Crippen LogP contribution is 2.32. The molecule has 4 rings (SSSR count). The van der Waals surface area contributed by atoms with E-state index in [0.29, 0.717) is 27.4 Å². The first-order chi connectivity index (χ1) is 13.9. The van der Waals surface area contributed by atoms with Gasteiger partial charge in [-0.2, -0.15) is 5.26 Å². The quantitative estimate of drug-likeness (QED) is 0.485. The lowest BCUT2D eigenvalue weighted by atomic mass is 10.0. The van der Waals surface area contributed by atoms with Crippen LogP contribution in [0.15, 0.2) is 53.5 Å². The first kappa shape index (κ1) is 18.8. The number of rotatable bonds is 2. The fourth-order valence-corrected chi connectivity index (χ4v) is 3.47. The number of nitrogens with one attached hydrogen (secondary N) is 1. The van der Waals surface area contributed by atoms with Crippen LogP contribution < -0.4 is 5.43 Å². The number of halogens is 3. The highest BCUT2D eigenvalue weighted by molar-refractivity contribution is 6.33. The molecule has 0 fully saturated rings. The summed E-state index contributed by atoms with van der Waals surface area (Å²) in [5.41, 5.74) is 0.958. The molecule has 0 radical (unpaired) electrons. The van der Waals surface area contributed by atoms with Gasteiger partial charge >= 0.3 is 0 Å². The standard InChI is InChI=1S/C22H12ClF2N3O/c1-11-6-13(4-5-27-11)20-16(24)8-18-21(22(20)25)19(29)9-17(28-18)14-7-12(10-26)2-3-15(14)23/h2-9H,1H3,(H,28,29). The van der Waals surface area contributed by atoms with Crippen LogP contribution in [0.25, 0.3) is 33.3 Å². The third-order valence-corrected chi connectivity index (χ3v) is 4.91. The fraction of sp³-hybridized carbons (Fsp3) is 0.0455. The van der Waals surface area contributed by atoms with E-state index in [-0.39, 0.29) is 22.2 Å². The molecule has 0 aliphatic carbocycles. The lowest BCUT2D eigenvalue weighted by Crippen LogP contribution is -2.08. The van der Waals surface area contributed by atoms with Gasteiger partial charge in [0.15, 0.2) is 5.43 Å². The van der Waals surface area contributed by atoms with Gasteiger partial charge in [0.2, 0.25) is 0 Å². The second kappa shape index (κ2) is 7.12. The molecule has 1 N–H and O–H groups in total. The van der Waals surface area contributed by atoms with Gasteiger partial charge in [0, 0.05) is 28.5 Å². The number of benzene rings is 2. The Morgan fingerprint density at radius 1 is 1.14 bits per heavy atom. The van der Waals surface area contributed by atoms with Crippen molar-refractivity contribution in [2.24, 2.45) is 0 Å². The number of H-pyrrole nitrogens is 1. The summed E-state index contributed by atoms with van der Waals surface area (Å²) >= 11 is 6.19. The fourth-order valence-electron chi connectivity index (χ4n) is 3.26. The number of fused-ring (bicyclic) bond motifs is 1. The maximum atomic E-state index is 15.2. The van der Waals surface area contributed by atoms with E-state index >= 15 is 4.39 Å². The van der Waals surface area contributed by atoms with Crippen LogP contribution in [0.1, 0.15) is 11.3 Å². The molecule has 0 atom stereocenters. The maximum Gasteiger partial charge on any atom is 0.193 e. The summed E-state index contributed by atoms with van der Waals surface area (Å²) in [5.74, 6) is -1.76. The molecule has 0 saturated heterocycles. The number of nitrogens with zero attached hydrogens (tertiary/aromatic N) is 2. The van der Waals surface area contributed by atoms with Crippen LogP contribution in [0.3, 0.4) is 0 Å². The van der Waals surface area contributed by atoms with E-state index in [0.717, 1.165) is 6.07 Å². The number of pyridine rings is 2. The predicted molar refractivity (Wildman–Crippen MR) is 108 cm³/mol. The molecule has 0 amide bonds. The molecule has 7 heteroatoms. The summed E-state index contributed by atoms with van der Waals surface area (Å²) in [7, 11) is 0. The van der Waals surface area contributed by atoms with Crippen LogP contribution in [0, 0.1) is 29.9 Å². The molecule has 142 valence electrons. The molecular formula is C22H12ClF2N3O. The van der Waals surface area contributed by atoms with Gasteiger partial charge in [-0.3, -0.25) is 9.78 Å². The number of aromatic amines is 1. The van der Waals surface area contributed by atoms with Crippen LogP contribution >= 0.6 is 11.6 Å². The maximum absolute atomic E-state index is 15.2. The summed E-state index contributed by atoms with van der Waals surface area (Å²) < 4.78 is 30.0. The van der Waals surface area contributed by atoms with Gasteiger partial charge in [-0.1, -0.05) is 11.6 Å². The van der Waals surface area contributed by atoms with Crippen molar-refractivity contribution < 1.29 is 8.78 Å². The van der Waals surface area contributed by atoms with Crippen LogP contribution in [0.2, 0.25) is 5.02 Å². The Morgan fingerprint density at radius 2 is 1.93 bits per heavy atom. The molecular weight excluding hydrogens is 396 g/mol. The van der Waals surface area contributed by atoms with Gasteiger partial charge in [0.05, 0.1) is 33.8 Å². The Hall–Kier alpha value is -3.56. The summed E-state index contributed by atoms with van der Waals surface area (Å²) in [6.45, 7) is 1.71. The first-order valence-electron chi connectivity index (χ1n) is 8.57. The van der Waals surface area contributed by atoms with E-state index in [9.17, 15) is 9.18 Å². The minimum atomic E-state index is -0.949. The molecule has 0 aliphatic heterocycles. The number of hydrogen-bond acceptors (Lipinski definition) is 3.